The molecule has 150 valence electrons. The Bertz CT molecular complexity index is 750. The Morgan fingerprint density at radius 2 is 2.00 bits per heavy atom. The van der Waals surface area contributed by atoms with Crippen LogP contribution in [0, 0.1) is 24.7 Å². The summed E-state index contributed by atoms with van der Waals surface area (Å²) in [6.45, 7) is 2.41. The number of hydrogen-bond acceptors (Lipinski definition) is 5. The first kappa shape index (κ1) is 22.2. The van der Waals surface area contributed by atoms with Gasteiger partial charge in [-0.15, -0.1) is 36.2 Å². The number of hydrogen-bond donors (Lipinski definition) is 2. The van der Waals surface area contributed by atoms with E-state index >= 15 is 0 Å². The number of furan rings is 1. The second-order valence-electron chi connectivity index (χ2n) is 7.43. The van der Waals surface area contributed by atoms with Crippen molar-refractivity contribution in [3.8, 4) is 11.5 Å². The molecule has 2 fully saturated rings. The lowest BCUT2D eigenvalue weighted by molar-refractivity contribution is -0.128. The molecule has 2 unspecified atom stereocenters. The van der Waals surface area contributed by atoms with Crippen molar-refractivity contribution in [2.24, 2.45) is 23.5 Å². The average Bonchev–Trinajstić information content (AvgIpc) is 3.21. The first-order valence-electron chi connectivity index (χ1n) is 9.14. The average molecular weight is 432 g/mol. The number of carbonyl (C=O) groups is 1. The predicted octanol–water partition coefficient (Wildman–Crippen LogP) is 4.32. The van der Waals surface area contributed by atoms with Gasteiger partial charge in [0.2, 0.25) is 5.91 Å². The fraction of sp³-hybridized carbons (Fsp3) is 0.579. The summed E-state index contributed by atoms with van der Waals surface area (Å²) in [5, 5.41) is 6.05. The molecule has 2 bridgehead atoms. The highest BCUT2D eigenvalue weighted by molar-refractivity contribution is 7.09. The molecule has 2 aliphatic rings. The molecule has 27 heavy (non-hydrogen) atoms. The maximum absolute atomic E-state index is 12.6. The summed E-state index contributed by atoms with van der Waals surface area (Å²) in [4.78, 5) is 17.0. The minimum atomic E-state index is 0. The number of aryl methyl sites for hydroxylation is 1. The second-order valence-corrected chi connectivity index (χ2v) is 8.49. The van der Waals surface area contributed by atoms with Gasteiger partial charge in [0, 0.05) is 17.3 Å². The molecule has 0 saturated heterocycles. The van der Waals surface area contributed by atoms with E-state index in [0.717, 1.165) is 35.1 Å². The van der Waals surface area contributed by atoms with Crippen LogP contribution in [0.15, 0.2) is 21.9 Å². The Balaban J connectivity index is 0.00000131. The standard InChI is InChI=1S/C19H25N3O2S.2ClH/c1-11-22-16(10-25-11)17-6-5-15(24-17)9-21-19(23)14-7-12-3-2-4-13(8-14)18(12)20;;/h5-6,10,12-14,18H,2-4,7-9,20H2,1H3,(H,21,23);2*1H. The van der Waals surface area contributed by atoms with E-state index in [1.807, 2.05) is 24.4 Å². The minimum absolute atomic E-state index is 0. The molecule has 0 radical (unpaired) electrons. The van der Waals surface area contributed by atoms with E-state index in [0.29, 0.717) is 24.4 Å². The lowest BCUT2D eigenvalue weighted by Gasteiger charge is -2.43. The number of nitrogens with one attached hydrogen (secondary N) is 1. The van der Waals surface area contributed by atoms with Crippen LogP contribution in [0.25, 0.3) is 11.5 Å². The fourth-order valence-electron chi connectivity index (χ4n) is 4.41. The van der Waals surface area contributed by atoms with Gasteiger partial charge in [-0.05, 0) is 56.6 Å². The van der Waals surface area contributed by atoms with Crippen LogP contribution < -0.4 is 11.1 Å². The summed E-state index contributed by atoms with van der Waals surface area (Å²) >= 11 is 1.60. The van der Waals surface area contributed by atoms with E-state index in [9.17, 15) is 4.79 Å². The number of nitrogens with zero attached hydrogens (tertiary/aromatic N) is 1. The molecule has 2 atom stereocenters. The molecule has 0 aliphatic heterocycles. The summed E-state index contributed by atoms with van der Waals surface area (Å²) in [6, 6.07) is 4.13. The number of fused-ring (bicyclic) bond motifs is 2. The zero-order chi connectivity index (χ0) is 17.4. The largest absolute Gasteiger partial charge is 0.458 e. The van der Waals surface area contributed by atoms with Crippen LogP contribution >= 0.6 is 36.2 Å². The minimum Gasteiger partial charge on any atom is -0.458 e. The lowest BCUT2D eigenvalue weighted by Crippen LogP contribution is -2.49. The molecule has 2 saturated carbocycles. The van der Waals surface area contributed by atoms with E-state index in [2.05, 4.69) is 10.3 Å². The molecule has 2 aromatic rings. The number of carbonyl (C=O) groups excluding carboxylic acids is 1. The second kappa shape index (κ2) is 9.41. The van der Waals surface area contributed by atoms with Crippen molar-refractivity contribution >= 4 is 42.1 Å². The van der Waals surface area contributed by atoms with Crippen molar-refractivity contribution in [3.63, 3.8) is 0 Å². The molecule has 2 heterocycles. The SMILES string of the molecule is Cc1nc(-c2ccc(CNC(=O)C3CC4CCCC(C3)C4N)o2)cs1.Cl.Cl. The van der Waals surface area contributed by atoms with E-state index in [1.165, 1.54) is 19.3 Å². The molecule has 1 amide bonds. The van der Waals surface area contributed by atoms with Gasteiger partial charge in [-0.2, -0.15) is 0 Å². The van der Waals surface area contributed by atoms with Crippen molar-refractivity contribution in [1.29, 1.82) is 0 Å². The number of amides is 1. The zero-order valence-corrected chi connectivity index (χ0v) is 17.8. The quantitative estimate of drug-likeness (QED) is 0.754. The number of aromatic nitrogens is 1. The number of nitrogens with two attached hydrogens (primary N) is 1. The normalized spacial score (nSPS) is 26.6. The lowest BCUT2D eigenvalue weighted by atomic mass is 9.65. The van der Waals surface area contributed by atoms with Crippen molar-refractivity contribution < 1.29 is 9.21 Å². The van der Waals surface area contributed by atoms with Gasteiger partial charge in [-0.25, -0.2) is 4.98 Å². The summed E-state index contributed by atoms with van der Waals surface area (Å²) in [7, 11) is 0. The van der Waals surface area contributed by atoms with Crippen LogP contribution in [-0.4, -0.2) is 16.9 Å². The summed E-state index contributed by atoms with van der Waals surface area (Å²) in [6.07, 6.45) is 5.49. The van der Waals surface area contributed by atoms with Crippen molar-refractivity contribution in [1.82, 2.24) is 10.3 Å². The highest BCUT2D eigenvalue weighted by Gasteiger charge is 2.40. The Morgan fingerprint density at radius 1 is 1.30 bits per heavy atom. The number of rotatable bonds is 4. The molecule has 0 spiro atoms. The van der Waals surface area contributed by atoms with Gasteiger partial charge >= 0.3 is 0 Å². The fourth-order valence-corrected chi connectivity index (χ4v) is 5.01. The van der Waals surface area contributed by atoms with Gasteiger partial charge in [0.05, 0.1) is 11.6 Å². The number of halogens is 2. The Hall–Kier alpha value is -1.08. The van der Waals surface area contributed by atoms with Crippen molar-refractivity contribution in [2.75, 3.05) is 0 Å². The maximum Gasteiger partial charge on any atom is 0.223 e. The third kappa shape index (κ3) is 4.86. The van der Waals surface area contributed by atoms with Crippen molar-refractivity contribution in [3.05, 3.63) is 28.3 Å². The smallest absolute Gasteiger partial charge is 0.223 e. The highest BCUT2D eigenvalue weighted by Crippen LogP contribution is 2.41. The van der Waals surface area contributed by atoms with Gasteiger partial charge in [-0.3, -0.25) is 4.79 Å². The zero-order valence-electron chi connectivity index (χ0n) is 15.3. The van der Waals surface area contributed by atoms with Crippen LogP contribution in [0.5, 0.6) is 0 Å². The molecule has 2 aliphatic carbocycles. The van der Waals surface area contributed by atoms with Crippen LogP contribution in [0.3, 0.4) is 0 Å². The van der Waals surface area contributed by atoms with Crippen LogP contribution in [0.4, 0.5) is 0 Å². The van der Waals surface area contributed by atoms with E-state index in [4.69, 9.17) is 10.2 Å². The molecule has 4 rings (SSSR count). The monoisotopic (exact) mass is 431 g/mol. The molecule has 2 aromatic heterocycles. The Morgan fingerprint density at radius 3 is 2.63 bits per heavy atom. The van der Waals surface area contributed by atoms with E-state index in [1.54, 1.807) is 11.3 Å². The Labute approximate surface area is 176 Å². The molecule has 0 aromatic carbocycles. The Kier molecular flexibility index (Phi) is 7.74. The highest BCUT2D eigenvalue weighted by atomic mass is 35.5. The molecule has 8 heteroatoms. The summed E-state index contributed by atoms with van der Waals surface area (Å²) in [5.74, 6) is 2.81. The molecular formula is C19H27Cl2N3O2S. The molecule has 5 nitrogen and oxygen atoms in total. The third-order valence-corrected chi connectivity index (χ3v) is 6.53. The predicted molar refractivity (Wildman–Crippen MR) is 112 cm³/mol. The maximum atomic E-state index is 12.6. The number of thiazole rings is 1. The van der Waals surface area contributed by atoms with Gasteiger partial charge < -0.3 is 15.5 Å². The molecule has 3 N–H and O–H groups in total. The van der Waals surface area contributed by atoms with E-state index < -0.39 is 0 Å². The summed E-state index contributed by atoms with van der Waals surface area (Å²) in [5.41, 5.74) is 7.18. The van der Waals surface area contributed by atoms with Gasteiger partial charge in [0.15, 0.2) is 5.76 Å². The van der Waals surface area contributed by atoms with Crippen LogP contribution in [0.1, 0.15) is 42.9 Å². The van der Waals surface area contributed by atoms with Gasteiger partial charge in [0.25, 0.3) is 0 Å². The summed E-state index contributed by atoms with van der Waals surface area (Å²) < 4.78 is 5.82. The molecular weight excluding hydrogens is 405 g/mol. The van der Waals surface area contributed by atoms with Crippen LogP contribution in [0.2, 0.25) is 0 Å². The first-order valence-corrected chi connectivity index (χ1v) is 10.0. The van der Waals surface area contributed by atoms with E-state index in [-0.39, 0.29) is 36.6 Å². The van der Waals surface area contributed by atoms with Crippen molar-refractivity contribution in [2.45, 2.75) is 51.6 Å². The van der Waals surface area contributed by atoms with Crippen LogP contribution in [-0.2, 0) is 11.3 Å². The topological polar surface area (TPSA) is 81.2 Å². The first-order chi connectivity index (χ1) is 12.1. The third-order valence-electron chi connectivity index (χ3n) is 5.75. The van der Waals surface area contributed by atoms with Gasteiger partial charge in [0.1, 0.15) is 11.5 Å². The van der Waals surface area contributed by atoms with Gasteiger partial charge in [-0.1, -0.05) is 6.42 Å².